The third-order valence-electron chi connectivity index (χ3n) is 2.13. The SMILES string of the molecule is N[C]1N=NC=C1c1cccc(C(F)(F)F)c1. The Bertz CT molecular complexity index is 463. The van der Waals surface area contributed by atoms with Gasteiger partial charge in [0.05, 0.1) is 11.8 Å². The highest BCUT2D eigenvalue weighted by atomic mass is 19.4. The van der Waals surface area contributed by atoms with E-state index in [4.69, 9.17) is 5.73 Å². The minimum Gasteiger partial charge on any atom is -0.298 e. The average molecular weight is 226 g/mol. The predicted octanol–water partition coefficient (Wildman–Crippen LogP) is 2.96. The van der Waals surface area contributed by atoms with E-state index in [1.165, 1.54) is 18.3 Å². The summed E-state index contributed by atoms with van der Waals surface area (Å²) in [5.74, 6) is 0. The molecule has 1 aromatic rings. The molecule has 3 nitrogen and oxygen atoms in total. The Kier molecular flexibility index (Phi) is 2.51. The van der Waals surface area contributed by atoms with Gasteiger partial charge in [-0.3, -0.25) is 5.73 Å². The molecule has 0 atom stereocenters. The topological polar surface area (TPSA) is 50.7 Å². The third-order valence-corrected chi connectivity index (χ3v) is 2.13. The molecule has 0 unspecified atom stereocenters. The second kappa shape index (κ2) is 3.71. The van der Waals surface area contributed by atoms with Gasteiger partial charge >= 0.3 is 6.18 Å². The standard InChI is InChI=1S/C10H7F3N3/c11-10(12,13)7-3-1-2-6(4-7)8-5-15-16-9(8)14/h1-5H,14H2. The van der Waals surface area contributed by atoms with Gasteiger partial charge in [0.15, 0.2) is 0 Å². The van der Waals surface area contributed by atoms with Crippen LogP contribution in [0.3, 0.4) is 0 Å². The fourth-order valence-corrected chi connectivity index (χ4v) is 1.35. The second-order valence-electron chi connectivity index (χ2n) is 3.22. The molecule has 1 aliphatic rings. The Labute approximate surface area is 89.5 Å². The number of azo groups is 1. The summed E-state index contributed by atoms with van der Waals surface area (Å²) in [7, 11) is 0. The molecule has 16 heavy (non-hydrogen) atoms. The maximum atomic E-state index is 12.4. The van der Waals surface area contributed by atoms with E-state index in [1.54, 1.807) is 0 Å². The Morgan fingerprint density at radius 2 is 1.94 bits per heavy atom. The summed E-state index contributed by atoms with van der Waals surface area (Å²) < 4.78 is 37.3. The molecule has 0 bridgehead atoms. The summed E-state index contributed by atoms with van der Waals surface area (Å²) in [5, 5.41) is 7.07. The van der Waals surface area contributed by atoms with Crippen LogP contribution >= 0.6 is 0 Å². The van der Waals surface area contributed by atoms with E-state index in [2.05, 4.69) is 10.2 Å². The molecule has 6 heteroatoms. The van der Waals surface area contributed by atoms with Crippen LogP contribution < -0.4 is 5.73 Å². The summed E-state index contributed by atoms with van der Waals surface area (Å²) in [6.07, 6.45) is -2.90. The first-order valence-corrected chi connectivity index (χ1v) is 4.40. The Hall–Kier alpha value is -1.69. The van der Waals surface area contributed by atoms with Gasteiger partial charge < -0.3 is 0 Å². The van der Waals surface area contributed by atoms with Crippen LogP contribution in [-0.4, -0.2) is 0 Å². The molecule has 0 spiro atoms. The number of hydrogen-bond acceptors (Lipinski definition) is 3. The monoisotopic (exact) mass is 226 g/mol. The Balaban J connectivity index is 2.38. The van der Waals surface area contributed by atoms with Gasteiger partial charge in [0, 0.05) is 5.57 Å². The van der Waals surface area contributed by atoms with Gasteiger partial charge in [0.2, 0.25) is 6.17 Å². The van der Waals surface area contributed by atoms with Crippen LogP contribution in [0, 0.1) is 6.17 Å². The first-order valence-electron chi connectivity index (χ1n) is 4.40. The maximum Gasteiger partial charge on any atom is 0.416 e. The van der Waals surface area contributed by atoms with Crippen molar-refractivity contribution in [2.75, 3.05) is 0 Å². The van der Waals surface area contributed by atoms with Gasteiger partial charge in [-0.15, -0.1) is 0 Å². The number of benzene rings is 1. The maximum absolute atomic E-state index is 12.4. The first-order chi connectivity index (χ1) is 7.48. The molecule has 1 heterocycles. The molecule has 1 radical (unpaired) electrons. The number of halogens is 3. The van der Waals surface area contributed by atoms with Crippen LogP contribution in [0.4, 0.5) is 13.2 Å². The molecule has 0 aromatic heterocycles. The summed E-state index contributed by atoms with van der Waals surface area (Å²) in [6.45, 7) is 0. The summed E-state index contributed by atoms with van der Waals surface area (Å²) >= 11 is 0. The Morgan fingerprint density at radius 1 is 1.19 bits per heavy atom. The van der Waals surface area contributed by atoms with Crippen LogP contribution in [0.1, 0.15) is 11.1 Å². The lowest BCUT2D eigenvalue weighted by Gasteiger charge is -2.10. The van der Waals surface area contributed by atoms with E-state index in [0.29, 0.717) is 11.1 Å². The normalized spacial score (nSPS) is 16.6. The molecular weight excluding hydrogens is 219 g/mol. The third kappa shape index (κ3) is 1.96. The first kappa shape index (κ1) is 10.8. The zero-order valence-electron chi connectivity index (χ0n) is 7.99. The largest absolute Gasteiger partial charge is 0.416 e. The minimum absolute atomic E-state index is 0.124. The number of alkyl halides is 3. The number of nitrogens with two attached hydrogens (primary N) is 1. The zero-order chi connectivity index (χ0) is 11.8. The van der Waals surface area contributed by atoms with Crippen molar-refractivity contribution in [1.29, 1.82) is 0 Å². The van der Waals surface area contributed by atoms with E-state index in [1.807, 2.05) is 0 Å². The van der Waals surface area contributed by atoms with Crippen molar-refractivity contribution >= 4 is 5.57 Å². The van der Waals surface area contributed by atoms with Gasteiger partial charge in [-0.2, -0.15) is 23.4 Å². The van der Waals surface area contributed by atoms with Crippen molar-refractivity contribution < 1.29 is 13.2 Å². The lowest BCUT2D eigenvalue weighted by molar-refractivity contribution is -0.137. The molecule has 1 aliphatic heterocycles. The lowest BCUT2D eigenvalue weighted by Crippen LogP contribution is -2.08. The van der Waals surface area contributed by atoms with E-state index in [9.17, 15) is 13.2 Å². The van der Waals surface area contributed by atoms with E-state index >= 15 is 0 Å². The van der Waals surface area contributed by atoms with E-state index < -0.39 is 11.7 Å². The number of nitrogens with zero attached hydrogens (tertiary/aromatic N) is 2. The van der Waals surface area contributed by atoms with Crippen LogP contribution in [0.2, 0.25) is 0 Å². The highest BCUT2D eigenvalue weighted by molar-refractivity contribution is 5.76. The van der Waals surface area contributed by atoms with Crippen molar-refractivity contribution in [2.45, 2.75) is 6.18 Å². The lowest BCUT2D eigenvalue weighted by atomic mass is 10.0. The van der Waals surface area contributed by atoms with Gasteiger partial charge in [-0.1, -0.05) is 12.1 Å². The fraction of sp³-hybridized carbons (Fsp3) is 0.100. The van der Waals surface area contributed by atoms with Gasteiger partial charge in [-0.25, -0.2) is 0 Å². The smallest absolute Gasteiger partial charge is 0.298 e. The van der Waals surface area contributed by atoms with Gasteiger partial charge in [0.25, 0.3) is 0 Å². The van der Waals surface area contributed by atoms with Gasteiger partial charge in [0.1, 0.15) is 0 Å². The van der Waals surface area contributed by atoms with E-state index in [-0.39, 0.29) is 6.17 Å². The predicted molar refractivity (Wildman–Crippen MR) is 51.7 cm³/mol. The quantitative estimate of drug-likeness (QED) is 0.786. The molecule has 83 valence electrons. The van der Waals surface area contributed by atoms with Crippen LogP contribution in [-0.2, 0) is 6.18 Å². The minimum atomic E-state index is -4.36. The fourth-order valence-electron chi connectivity index (χ4n) is 1.35. The van der Waals surface area contributed by atoms with E-state index in [0.717, 1.165) is 12.1 Å². The van der Waals surface area contributed by atoms with Crippen molar-refractivity contribution in [3.05, 3.63) is 47.8 Å². The molecule has 0 aliphatic carbocycles. The summed E-state index contributed by atoms with van der Waals surface area (Å²) in [5.41, 5.74) is 5.53. The van der Waals surface area contributed by atoms with Crippen molar-refractivity contribution in [2.24, 2.45) is 16.0 Å². The zero-order valence-corrected chi connectivity index (χ0v) is 7.99. The second-order valence-corrected chi connectivity index (χ2v) is 3.22. The molecular formula is C10H7F3N3. The molecule has 1 aromatic carbocycles. The highest BCUT2D eigenvalue weighted by Gasteiger charge is 2.31. The average Bonchev–Trinajstić information content (AvgIpc) is 2.63. The number of rotatable bonds is 1. The number of hydrogen-bond donors (Lipinski definition) is 1. The summed E-state index contributed by atoms with van der Waals surface area (Å²) in [6, 6.07) is 4.88. The van der Waals surface area contributed by atoms with Crippen molar-refractivity contribution in [1.82, 2.24) is 0 Å². The van der Waals surface area contributed by atoms with Gasteiger partial charge in [-0.05, 0) is 17.7 Å². The van der Waals surface area contributed by atoms with Crippen molar-refractivity contribution in [3.8, 4) is 0 Å². The molecule has 0 amide bonds. The highest BCUT2D eigenvalue weighted by Crippen LogP contribution is 2.33. The van der Waals surface area contributed by atoms with Crippen LogP contribution in [0.25, 0.3) is 5.57 Å². The summed E-state index contributed by atoms with van der Waals surface area (Å²) in [4.78, 5) is 0. The molecule has 0 saturated heterocycles. The molecule has 2 rings (SSSR count). The Morgan fingerprint density at radius 3 is 2.50 bits per heavy atom. The molecule has 2 N–H and O–H groups in total. The van der Waals surface area contributed by atoms with Crippen LogP contribution in [0.15, 0.2) is 40.7 Å². The van der Waals surface area contributed by atoms with Crippen molar-refractivity contribution in [3.63, 3.8) is 0 Å². The van der Waals surface area contributed by atoms with Crippen LogP contribution in [0.5, 0.6) is 0 Å². The molecule has 0 fully saturated rings. The molecule has 0 saturated carbocycles.